The summed E-state index contributed by atoms with van der Waals surface area (Å²) in [6.45, 7) is 0.714. The standard InChI is InChI=1S/C20H17N3O3/c24-20(22-11-14-4-2-1-3-5-14)17-8-6-16(12-21-17)23-15-7-9-18-19(10-15)26-13-25-18/h1-10,12,23H,11,13H2,(H,22,24). The van der Waals surface area contributed by atoms with Crippen LogP contribution in [0.4, 0.5) is 11.4 Å². The van der Waals surface area contributed by atoms with Crippen LogP contribution in [0.15, 0.2) is 66.9 Å². The van der Waals surface area contributed by atoms with Gasteiger partial charge in [0, 0.05) is 18.3 Å². The second-order valence-corrected chi connectivity index (χ2v) is 5.79. The largest absolute Gasteiger partial charge is 0.454 e. The Morgan fingerprint density at radius 3 is 2.58 bits per heavy atom. The fraction of sp³-hybridized carbons (Fsp3) is 0.100. The van der Waals surface area contributed by atoms with Gasteiger partial charge in [-0.1, -0.05) is 30.3 Å². The third-order valence-corrected chi connectivity index (χ3v) is 3.95. The van der Waals surface area contributed by atoms with E-state index in [-0.39, 0.29) is 12.7 Å². The average Bonchev–Trinajstić information content (AvgIpc) is 3.15. The number of nitrogens with zero attached hydrogens (tertiary/aromatic N) is 1. The molecule has 0 spiro atoms. The Labute approximate surface area is 150 Å². The highest BCUT2D eigenvalue weighted by Crippen LogP contribution is 2.34. The highest BCUT2D eigenvalue weighted by Gasteiger charge is 2.13. The molecule has 0 saturated carbocycles. The molecule has 2 heterocycles. The monoisotopic (exact) mass is 347 g/mol. The first kappa shape index (κ1) is 16.0. The molecule has 1 aliphatic heterocycles. The first-order chi connectivity index (χ1) is 12.8. The van der Waals surface area contributed by atoms with E-state index in [1.54, 1.807) is 12.3 Å². The lowest BCUT2D eigenvalue weighted by Crippen LogP contribution is -2.23. The maximum Gasteiger partial charge on any atom is 0.270 e. The first-order valence-electron chi connectivity index (χ1n) is 8.23. The van der Waals surface area contributed by atoms with Gasteiger partial charge in [-0.05, 0) is 29.8 Å². The SMILES string of the molecule is O=C(NCc1ccccc1)c1ccc(Nc2ccc3c(c2)OCO3)cn1. The second-order valence-electron chi connectivity index (χ2n) is 5.79. The zero-order valence-corrected chi connectivity index (χ0v) is 13.9. The molecule has 2 aromatic carbocycles. The lowest BCUT2D eigenvalue weighted by Gasteiger charge is -2.08. The fourth-order valence-corrected chi connectivity index (χ4v) is 2.61. The van der Waals surface area contributed by atoms with Crippen LogP contribution in [0.25, 0.3) is 0 Å². The molecule has 6 nitrogen and oxygen atoms in total. The molecule has 130 valence electrons. The van der Waals surface area contributed by atoms with Crippen molar-refractivity contribution in [3.05, 3.63) is 78.1 Å². The van der Waals surface area contributed by atoms with Gasteiger partial charge in [0.25, 0.3) is 5.91 Å². The molecule has 0 bridgehead atoms. The van der Waals surface area contributed by atoms with Gasteiger partial charge in [-0.25, -0.2) is 4.98 Å². The molecule has 0 unspecified atom stereocenters. The van der Waals surface area contributed by atoms with E-state index in [1.807, 2.05) is 54.6 Å². The summed E-state index contributed by atoms with van der Waals surface area (Å²) >= 11 is 0. The van der Waals surface area contributed by atoms with Crippen molar-refractivity contribution >= 4 is 17.3 Å². The smallest absolute Gasteiger partial charge is 0.270 e. The van der Waals surface area contributed by atoms with Crippen LogP contribution in [0.5, 0.6) is 11.5 Å². The zero-order valence-electron chi connectivity index (χ0n) is 13.9. The molecule has 26 heavy (non-hydrogen) atoms. The number of hydrogen-bond acceptors (Lipinski definition) is 5. The minimum Gasteiger partial charge on any atom is -0.454 e. The van der Waals surface area contributed by atoms with Gasteiger partial charge in [0.2, 0.25) is 6.79 Å². The highest BCUT2D eigenvalue weighted by molar-refractivity contribution is 5.92. The van der Waals surface area contributed by atoms with Crippen molar-refractivity contribution in [2.24, 2.45) is 0 Å². The Balaban J connectivity index is 1.38. The van der Waals surface area contributed by atoms with Crippen molar-refractivity contribution < 1.29 is 14.3 Å². The van der Waals surface area contributed by atoms with Crippen LogP contribution in [0.2, 0.25) is 0 Å². The minimum atomic E-state index is -0.205. The molecule has 3 aromatic rings. The van der Waals surface area contributed by atoms with E-state index in [0.717, 1.165) is 22.7 Å². The Hall–Kier alpha value is -3.54. The molecule has 6 heteroatoms. The normalized spacial score (nSPS) is 11.8. The number of anilines is 2. The van der Waals surface area contributed by atoms with Gasteiger partial charge < -0.3 is 20.1 Å². The molecular weight excluding hydrogens is 330 g/mol. The molecule has 0 atom stereocenters. The van der Waals surface area contributed by atoms with Crippen molar-refractivity contribution in [2.45, 2.75) is 6.54 Å². The molecule has 0 saturated heterocycles. The van der Waals surface area contributed by atoms with Gasteiger partial charge in [0.05, 0.1) is 11.9 Å². The van der Waals surface area contributed by atoms with Crippen molar-refractivity contribution in [1.29, 1.82) is 0 Å². The number of fused-ring (bicyclic) bond motifs is 1. The highest BCUT2D eigenvalue weighted by atomic mass is 16.7. The van der Waals surface area contributed by atoms with Gasteiger partial charge in [-0.2, -0.15) is 0 Å². The van der Waals surface area contributed by atoms with E-state index >= 15 is 0 Å². The number of benzene rings is 2. The zero-order chi connectivity index (χ0) is 17.8. The van der Waals surface area contributed by atoms with Crippen molar-refractivity contribution in [2.75, 3.05) is 12.1 Å². The summed E-state index contributed by atoms with van der Waals surface area (Å²) in [6, 6.07) is 18.9. The maximum absolute atomic E-state index is 12.2. The third-order valence-electron chi connectivity index (χ3n) is 3.95. The van der Waals surface area contributed by atoms with Crippen LogP contribution in [-0.2, 0) is 6.54 Å². The Morgan fingerprint density at radius 2 is 1.77 bits per heavy atom. The summed E-state index contributed by atoms with van der Waals surface area (Å²) in [6.07, 6.45) is 1.63. The predicted molar refractivity (Wildman–Crippen MR) is 97.7 cm³/mol. The number of carbonyl (C=O) groups excluding carboxylic acids is 1. The molecule has 1 amide bonds. The van der Waals surface area contributed by atoms with Crippen molar-refractivity contribution in [3.8, 4) is 11.5 Å². The van der Waals surface area contributed by atoms with Crippen LogP contribution >= 0.6 is 0 Å². The van der Waals surface area contributed by atoms with E-state index in [2.05, 4.69) is 15.6 Å². The quantitative estimate of drug-likeness (QED) is 0.739. The number of hydrogen-bond donors (Lipinski definition) is 2. The van der Waals surface area contributed by atoms with E-state index < -0.39 is 0 Å². The molecule has 0 fully saturated rings. The Morgan fingerprint density at radius 1 is 0.962 bits per heavy atom. The fourth-order valence-electron chi connectivity index (χ4n) is 2.61. The summed E-state index contributed by atoms with van der Waals surface area (Å²) < 4.78 is 10.7. The minimum absolute atomic E-state index is 0.205. The molecule has 1 aromatic heterocycles. The summed E-state index contributed by atoms with van der Waals surface area (Å²) in [7, 11) is 0. The molecular formula is C20H17N3O3. The van der Waals surface area contributed by atoms with Crippen LogP contribution in [0.3, 0.4) is 0 Å². The van der Waals surface area contributed by atoms with Crippen LogP contribution in [0.1, 0.15) is 16.1 Å². The number of carbonyl (C=O) groups is 1. The molecule has 4 rings (SSSR count). The van der Waals surface area contributed by atoms with Crippen LogP contribution in [0, 0.1) is 0 Å². The Bertz CT molecular complexity index is 911. The molecule has 1 aliphatic rings. The molecule has 2 N–H and O–H groups in total. The van der Waals surface area contributed by atoms with Gasteiger partial charge in [-0.15, -0.1) is 0 Å². The number of pyridine rings is 1. The average molecular weight is 347 g/mol. The Kier molecular flexibility index (Phi) is 4.38. The summed E-state index contributed by atoms with van der Waals surface area (Å²) in [5.41, 5.74) is 3.06. The number of ether oxygens (including phenoxy) is 2. The van der Waals surface area contributed by atoms with Crippen molar-refractivity contribution in [1.82, 2.24) is 10.3 Å². The number of nitrogens with one attached hydrogen (secondary N) is 2. The number of rotatable bonds is 5. The first-order valence-corrected chi connectivity index (χ1v) is 8.23. The predicted octanol–water partition coefficient (Wildman–Crippen LogP) is 3.48. The second kappa shape index (κ2) is 7.14. The molecule has 0 aliphatic carbocycles. The summed E-state index contributed by atoms with van der Waals surface area (Å²) in [4.78, 5) is 16.4. The van der Waals surface area contributed by atoms with Gasteiger partial charge >= 0.3 is 0 Å². The molecule has 0 radical (unpaired) electrons. The lowest BCUT2D eigenvalue weighted by molar-refractivity contribution is 0.0946. The number of amides is 1. The van der Waals surface area contributed by atoms with E-state index in [0.29, 0.717) is 18.0 Å². The lowest BCUT2D eigenvalue weighted by atomic mass is 10.2. The topological polar surface area (TPSA) is 72.5 Å². The third kappa shape index (κ3) is 3.59. The van der Waals surface area contributed by atoms with Crippen LogP contribution < -0.4 is 20.1 Å². The van der Waals surface area contributed by atoms with Crippen molar-refractivity contribution in [3.63, 3.8) is 0 Å². The van der Waals surface area contributed by atoms with E-state index in [9.17, 15) is 4.79 Å². The van der Waals surface area contributed by atoms with Gasteiger partial charge in [-0.3, -0.25) is 4.79 Å². The van der Waals surface area contributed by atoms with E-state index in [1.165, 1.54) is 0 Å². The summed E-state index contributed by atoms with van der Waals surface area (Å²) in [5.74, 6) is 1.24. The van der Waals surface area contributed by atoms with Gasteiger partial charge in [0.1, 0.15) is 5.69 Å². The summed E-state index contributed by atoms with van der Waals surface area (Å²) in [5, 5.41) is 6.09. The number of aromatic nitrogens is 1. The maximum atomic E-state index is 12.2. The van der Waals surface area contributed by atoms with Gasteiger partial charge in [0.15, 0.2) is 11.5 Å². The van der Waals surface area contributed by atoms with Crippen LogP contribution in [-0.4, -0.2) is 17.7 Å². The van der Waals surface area contributed by atoms with E-state index in [4.69, 9.17) is 9.47 Å².